The molecular weight excluding hydrogens is 586 g/mol. The topological polar surface area (TPSA) is 87.1 Å². The molecule has 47 heavy (non-hydrogen) atoms. The molecule has 0 fully saturated rings. The maximum absolute atomic E-state index is 12.6. The Labute approximate surface area is 292 Å². The highest BCUT2D eigenvalue weighted by atomic mass is 16.5. The molecule has 0 saturated heterocycles. The van der Waals surface area contributed by atoms with Gasteiger partial charge >= 0.3 is 5.97 Å². The van der Waals surface area contributed by atoms with Crippen molar-refractivity contribution in [2.45, 2.75) is 207 Å². The fourth-order valence-corrected chi connectivity index (χ4v) is 6.62. The second-order valence-electron chi connectivity index (χ2n) is 14.5. The van der Waals surface area contributed by atoms with Crippen molar-refractivity contribution in [3.05, 3.63) is 0 Å². The highest BCUT2D eigenvalue weighted by molar-refractivity contribution is 5.78. The second kappa shape index (κ2) is 34.9. The summed E-state index contributed by atoms with van der Waals surface area (Å²) in [6.07, 6.45) is 27.9. The number of unbranched alkanes of at least 4 members (excludes halogenated alkanes) is 14. The number of hydrogen-bond acceptors (Lipinski definition) is 6. The summed E-state index contributed by atoms with van der Waals surface area (Å²) in [5.41, 5.74) is 0. The summed E-state index contributed by atoms with van der Waals surface area (Å²) in [6, 6.07) is 0. The molecule has 6 nitrogen and oxygen atoms in total. The molecule has 0 radical (unpaired) electrons. The molecule has 0 aromatic heterocycles. The molecule has 0 aromatic carbocycles. The summed E-state index contributed by atoms with van der Waals surface area (Å²) in [4.78, 5) is 27.5. The number of esters is 1. The van der Waals surface area contributed by atoms with Crippen molar-refractivity contribution < 1.29 is 24.5 Å². The van der Waals surface area contributed by atoms with Crippen molar-refractivity contribution in [1.29, 1.82) is 0 Å². The predicted octanol–water partition coefficient (Wildman–Crippen LogP) is 10.6. The largest absolute Gasteiger partial charge is 0.465 e. The Morgan fingerprint density at radius 3 is 1.68 bits per heavy atom. The normalized spacial score (nSPS) is 13.0. The number of nitrogens with zero attached hydrogens (tertiary/aromatic N) is 1. The van der Waals surface area contributed by atoms with E-state index < -0.39 is 0 Å². The average molecular weight is 668 g/mol. The molecule has 0 heterocycles. The number of ether oxygens (including phenoxy) is 1. The van der Waals surface area contributed by atoms with Gasteiger partial charge in [0, 0.05) is 32.4 Å². The zero-order valence-corrected chi connectivity index (χ0v) is 31.9. The monoisotopic (exact) mass is 668 g/mol. The van der Waals surface area contributed by atoms with E-state index in [1.165, 1.54) is 64.2 Å². The molecular formula is C41H81NO5. The molecule has 0 spiro atoms. The van der Waals surface area contributed by atoms with Crippen LogP contribution in [-0.4, -0.2) is 65.8 Å². The highest BCUT2D eigenvalue weighted by Gasteiger charge is 2.21. The summed E-state index contributed by atoms with van der Waals surface area (Å²) < 4.78 is 5.75. The molecule has 0 rings (SSSR count). The first-order chi connectivity index (χ1) is 22.9. The predicted molar refractivity (Wildman–Crippen MR) is 200 cm³/mol. The zero-order chi connectivity index (χ0) is 34.8. The van der Waals surface area contributed by atoms with Crippen LogP contribution in [0.3, 0.4) is 0 Å². The van der Waals surface area contributed by atoms with Gasteiger partial charge in [-0.15, -0.1) is 0 Å². The Balaban J connectivity index is 4.92. The summed E-state index contributed by atoms with van der Waals surface area (Å²) in [7, 11) is 0. The minimum absolute atomic E-state index is 0.0830. The van der Waals surface area contributed by atoms with E-state index in [4.69, 9.17) is 4.74 Å². The molecule has 1 unspecified atom stereocenters. The standard InChI is InChI=1S/C41H81NO5/c1-5-9-13-15-20-28-39(44)31-30-37(36-47-41(46)29-21-16-14-10-6-2)25-19-17-22-32-42(33-23-18-24-34-43)35-40(45)38(26-11-7-3)27-12-8-4/h37-38,40,43,45H,5-36H2,1-4H3/t37?,40-/m1/s1. The Hall–Kier alpha value is -0.980. The molecule has 2 atom stereocenters. The molecule has 6 heteroatoms. The number of aliphatic hydroxyl groups excluding tert-OH is 2. The van der Waals surface area contributed by atoms with E-state index in [1.54, 1.807) is 0 Å². The minimum Gasteiger partial charge on any atom is -0.465 e. The van der Waals surface area contributed by atoms with Crippen LogP contribution < -0.4 is 0 Å². The Morgan fingerprint density at radius 2 is 1.11 bits per heavy atom. The summed E-state index contributed by atoms with van der Waals surface area (Å²) in [5.74, 6) is 0.909. The SMILES string of the molecule is CCCCCCCC(=O)CCC(CCCCCN(CCCCCO)C[C@@H](O)C(CCCC)CCCC)COC(=O)CCCCCCC. The minimum atomic E-state index is -0.277. The van der Waals surface area contributed by atoms with Gasteiger partial charge in [0.15, 0.2) is 0 Å². The maximum atomic E-state index is 12.6. The van der Waals surface area contributed by atoms with Crippen LogP contribution in [0, 0.1) is 11.8 Å². The summed E-state index contributed by atoms with van der Waals surface area (Å²) in [6.45, 7) is 12.3. The van der Waals surface area contributed by atoms with Gasteiger partial charge < -0.3 is 19.8 Å². The van der Waals surface area contributed by atoms with Gasteiger partial charge in [0.1, 0.15) is 5.78 Å². The first-order valence-electron chi connectivity index (χ1n) is 20.6. The van der Waals surface area contributed by atoms with Crippen LogP contribution in [0.1, 0.15) is 201 Å². The third kappa shape index (κ3) is 29.6. The summed E-state index contributed by atoms with van der Waals surface area (Å²) in [5, 5.41) is 20.5. The first-order valence-corrected chi connectivity index (χ1v) is 20.6. The van der Waals surface area contributed by atoms with Gasteiger partial charge in [-0.25, -0.2) is 0 Å². The highest BCUT2D eigenvalue weighted by Crippen LogP contribution is 2.22. The lowest BCUT2D eigenvalue weighted by Crippen LogP contribution is -2.38. The van der Waals surface area contributed by atoms with Crippen LogP contribution in [-0.2, 0) is 14.3 Å². The number of carbonyl (C=O) groups is 2. The van der Waals surface area contributed by atoms with Crippen LogP contribution in [0.2, 0.25) is 0 Å². The average Bonchev–Trinajstić information content (AvgIpc) is 3.06. The van der Waals surface area contributed by atoms with Crippen molar-refractivity contribution in [3.63, 3.8) is 0 Å². The number of Topliss-reactive ketones (excluding diaryl/α,β-unsaturated/α-hetero) is 1. The number of aliphatic hydroxyl groups is 2. The fourth-order valence-electron chi connectivity index (χ4n) is 6.62. The van der Waals surface area contributed by atoms with E-state index in [2.05, 4.69) is 32.6 Å². The molecule has 0 aromatic rings. The van der Waals surface area contributed by atoms with Crippen molar-refractivity contribution >= 4 is 11.8 Å². The van der Waals surface area contributed by atoms with Crippen LogP contribution in [0.25, 0.3) is 0 Å². The number of hydrogen-bond donors (Lipinski definition) is 2. The van der Waals surface area contributed by atoms with Crippen molar-refractivity contribution in [2.24, 2.45) is 11.8 Å². The Kier molecular flexibility index (Phi) is 34.1. The molecule has 0 saturated carbocycles. The third-order valence-electron chi connectivity index (χ3n) is 9.92. The number of rotatable bonds is 37. The van der Waals surface area contributed by atoms with E-state index in [1.807, 2.05) is 0 Å². The lowest BCUT2D eigenvalue weighted by molar-refractivity contribution is -0.145. The quantitative estimate of drug-likeness (QED) is 0.0506. The van der Waals surface area contributed by atoms with E-state index in [-0.39, 0.29) is 24.6 Å². The molecule has 0 aliphatic heterocycles. The lowest BCUT2D eigenvalue weighted by Gasteiger charge is -2.30. The molecule has 0 aliphatic rings. The lowest BCUT2D eigenvalue weighted by atomic mass is 9.90. The Morgan fingerprint density at radius 1 is 0.574 bits per heavy atom. The zero-order valence-electron chi connectivity index (χ0n) is 31.9. The maximum Gasteiger partial charge on any atom is 0.305 e. The molecule has 0 aliphatic carbocycles. The number of ketones is 1. The van der Waals surface area contributed by atoms with E-state index in [0.29, 0.717) is 37.6 Å². The van der Waals surface area contributed by atoms with Crippen molar-refractivity contribution in [1.82, 2.24) is 4.90 Å². The molecule has 0 amide bonds. The Bertz CT molecular complexity index is 649. The third-order valence-corrected chi connectivity index (χ3v) is 9.92. The second-order valence-corrected chi connectivity index (χ2v) is 14.5. The van der Waals surface area contributed by atoms with Crippen molar-refractivity contribution in [2.75, 3.05) is 32.8 Å². The molecule has 0 bridgehead atoms. The van der Waals surface area contributed by atoms with Gasteiger partial charge in [-0.2, -0.15) is 0 Å². The van der Waals surface area contributed by atoms with Crippen LogP contribution in [0.15, 0.2) is 0 Å². The molecule has 280 valence electrons. The first kappa shape index (κ1) is 46.0. The van der Waals surface area contributed by atoms with Gasteiger partial charge in [0.2, 0.25) is 0 Å². The van der Waals surface area contributed by atoms with Gasteiger partial charge in [-0.3, -0.25) is 9.59 Å². The van der Waals surface area contributed by atoms with Crippen LogP contribution in [0.5, 0.6) is 0 Å². The van der Waals surface area contributed by atoms with E-state index in [9.17, 15) is 19.8 Å². The van der Waals surface area contributed by atoms with E-state index in [0.717, 1.165) is 110 Å². The molecule has 2 N–H and O–H groups in total. The van der Waals surface area contributed by atoms with Gasteiger partial charge in [-0.05, 0) is 89.1 Å². The van der Waals surface area contributed by atoms with E-state index >= 15 is 0 Å². The van der Waals surface area contributed by atoms with Gasteiger partial charge in [-0.1, -0.05) is 118 Å². The van der Waals surface area contributed by atoms with Crippen LogP contribution in [0.4, 0.5) is 0 Å². The summed E-state index contributed by atoms with van der Waals surface area (Å²) >= 11 is 0. The van der Waals surface area contributed by atoms with Crippen LogP contribution >= 0.6 is 0 Å². The number of carbonyl (C=O) groups excluding carboxylic acids is 2. The van der Waals surface area contributed by atoms with Crippen molar-refractivity contribution in [3.8, 4) is 0 Å². The fraction of sp³-hybridized carbons (Fsp3) is 0.951. The smallest absolute Gasteiger partial charge is 0.305 e. The van der Waals surface area contributed by atoms with Gasteiger partial charge in [0.05, 0.1) is 12.7 Å². The van der Waals surface area contributed by atoms with Gasteiger partial charge in [0.25, 0.3) is 0 Å².